The standard InChI is InChI=1S/C13H14BrFN2O/c1-2-8-17-11(6-7-16-17)13(18)9-4-3-5-10(15)12(9)14/h3-7,13,18H,2,8H2,1H3. The van der Waals surface area contributed by atoms with Crippen LogP contribution in [0.2, 0.25) is 0 Å². The van der Waals surface area contributed by atoms with Crippen LogP contribution in [0.25, 0.3) is 0 Å². The van der Waals surface area contributed by atoms with Crippen LogP contribution in [0.4, 0.5) is 4.39 Å². The van der Waals surface area contributed by atoms with E-state index in [9.17, 15) is 9.50 Å². The molecule has 0 aliphatic rings. The van der Waals surface area contributed by atoms with E-state index in [2.05, 4.69) is 21.0 Å². The summed E-state index contributed by atoms with van der Waals surface area (Å²) in [6.07, 6.45) is 1.68. The monoisotopic (exact) mass is 312 g/mol. The number of benzene rings is 1. The molecule has 0 spiro atoms. The summed E-state index contributed by atoms with van der Waals surface area (Å²) in [7, 11) is 0. The fourth-order valence-electron chi connectivity index (χ4n) is 1.86. The van der Waals surface area contributed by atoms with Gasteiger partial charge in [-0.25, -0.2) is 4.39 Å². The van der Waals surface area contributed by atoms with Gasteiger partial charge in [0.05, 0.1) is 10.2 Å². The topological polar surface area (TPSA) is 38.0 Å². The van der Waals surface area contributed by atoms with Crippen LogP contribution in [0.1, 0.15) is 30.7 Å². The lowest BCUT2D eigenvalue weighted by atomic mass is 10.1. The first kappa shape index (κ1) is 13.2. The van der Waals surface area contributed by atoms with E-state index in [-0.39, 0.29) is 5.82 Å². The summed E-state index contributed by atoms with van der Waals surface area (Å²) in [6, 6.07) is 6.38. The molecule has 18 heavy (non-hydrogen) atoms. The second-order valence-corrected chi connectivity index (χ2v) is 4.82. The molecular weight excluding hydrogens is 299 g/mol. The molecule has 0 bridgehead atoms. The number of halogens is 2. The molecule has 0 saturated carbocycles. The van der Waals surface area contributed by atoms with Gasteiger partial charge < -0.3 is 5.11 Å². The van der Waals surface area contributed by atoms with Gasteiger partial charge in [0.2, 0.25) is 0 Å². The molecule has 1 atom stereocenters. The highest BCUT2D eigenvalue weighted by molar-refractivity contribution is 9.10. The van der Waals surface area contributed by atoms with Crippen molar-refractivity contribution in [1.29, 1.82) is 0 Å². The minimum absolute atomic E-state index is 0.293. The van der Waals surface area contributed by atoms with E-state index < -0.39 is 6.10 Å². The van der Waals surface area contributed by atoms with E-state index in [1.807, 2.05) is 6.92 Å². The number of nitrogens with zero attached hydrogens (tertiary/aromatic N) is 2. The van der Waals surface area contributed by atoms with E-state index in [0.717, 1.165) is 13.0 Å². The maximum atomic E-state index is 13.4. The van der Waals surface area contributed by atoms with E-state index in [0.29, 0.717) is 15.7 Å². The second kappa shape index (κ2) is 5.63. The Hall–Kier alpha value is -1.20. The molecule has 5 heteroatoms. The summed E-state index contributed by atoms with van der Waals surface area (Å²) >= 11 is 3.17. The average Bonchev–Trinajstić information content (AvgIpc) is 2.80. The SMILES string of the molecule is CCCn1nccc1C(O)c1cccc(F)c1Br. The first-order valence-corrected chi connectivity index (χ1v) is 6.58. The Kier molecular flexibility index (Phi) is 4.14. The lowest BCUT2D eigenvalue weighted by molar-refractivity contribution is 0.206. The highest BCUT2D eigenvalue weighted by Gasteiger charge is 2.19. The first-order chi connectivity index (χ1) is 8.65. The number of rotatable bonds is 4. The molecule has 0 radical (unpaired) electrons. The quantitative estimate of drug-likeness (QED) is 0.941. The lowest BCUT2D eigenvalue weighted by Gasteiger charge is -2.15. The normalized spacial score (nSPS) is 12.7. The zero-order valence-electron chi connectivity index (χ0n) is 9.98. The van der Waals surface area contributed by atoms with Crippen LogP contribution in [0.3, 0.4) is 0 Å². The van der Waals surface area contributed by atoms with E-state index in [4.69, 9.17) is 0 Å². The highest BCUT2D eigenvalue weighted by atomic mass is 79.9. The van der Waals surface area contributed by atoms with Gasteiger partial charge in [0.25, 0.3) is 0 Å². The summed E-state index contributed by atoms with van der Waals surface area (Å²) in [5, 5.41) is 14.5. The molecule has 1 unspecified atom stereocenters. The van der Waals surface area contributed by atoms with Crippen LogP contribution < -0.4 is 0 Å². The Balaban J connectivity index is 2.38. The number of aliphatic hydroxyl groups excluding tert-OH is 1. The van der Waals surface area contributed by atoms with E-state index in [1.54, 1.807) is 29.1 Å². The third-order valence-electron chi connectivity index (χ3n) is 2.74. The van der Waals surface area contributed by atoms with E-state index in [1.165, 1.54) is 6.07 Å². The molecule has 1 N–H and O–H groups in total. The van der Waals surface area contributed by atoms with Crippen molar-refractivity contribution in [2.75, 3.05) is 0 Å². The van der Waals surface area contributed by atoms with Crippen LogP contribution in [-0.2, 0) is 6.54 Å². The smallest absolute Gasteiger partial charge is 0.137 e. The van der Waals surface area contributed by atoms with Crippen molar-refractivity contribution >= 4 is 15.9 Å². The molecule has 0 fully saturated rings. The van der Waals surface area contributed by atoms with Gasteiger partial charge in [0.1, 0.15) is 11.9 Å². The average molecular weight is 313 g/mol. The maximum Gasteiger partial charge on any atom is 0.137 e. The molecule has 2 aromatic rings. The molecule has 2 rings (SSSR count). The molecule has 1 heterocycles. The number of aryl methyl sites for hydroxylation is 1. The summed E-state index contributed by atoms with van der Waals surface area (Å²) < 4.78 is 15.5. The number of hydrogen-bond acceptors (Lipinski definition) is 2. The maximum absolute atomic E-state index is 13.4. The van der Waals surface area contributed by atoms with Crippen molar-refractivity contribution in [2.45, 2.75) is 26.0 Å². The van der Waals surface area contributed by atoms with E-state index >= 15 is 0 Å². The van der Waals surface area contributed by atoms with Crippen LogP contribution in [0.15, 0.2) is 34.9 Å². The number of aliphatic hydroxyl groups is 1. The lowest BCUT2D eigenvalue weighted by Crippen LogP contribution is -2.10. The number of aromatic nitrogens is 2. The predicted molar refractivity (Wildman–Crippen MR) is 70.7 cm³/mol. The first-order valence-electron chi connectivity index (χ1n) is 5.78. The minimum Gasteiger partial charge on any atom is -0.382 e. The molecule has 3 nitrogen and oxygen atoms in total. The molecule has 1 aromatic heterocycles. The van der Waals surface area contributed by atoms with Crippen molar-refractivity contribution in [3.8, 4) is 0 Å². The third-order valence-corrected chi connectivity index (χ3v) is 3.58. The summed E-state index contributed by atoms with van der Waals surface area (Å²) in [4.78, 5) is 0. The fraction of sp³-hybridized carbons (Fsp3) is 0.308. The fourth-order valence-corrected chi connectivity index (χ4v) is 2.35. The van der Waals surface area contributed by atoms with Crippen LogP contribution >= 0.6 is 15.9 Å². The summed E-state index contributed by atoms with van der Waals surface area (Å²) in [5.74, 6) is -0.381. The predicted octanol–water partition coefficient (Wildman–Crippen LogP) is 3.28. The number of hydrogen-bond donors (Lipinski definition) is 1. The van der Waals surface area contributed by atoms with Crippen LogP contribution in [-0.4, -0.2) is 14.9 Å². The van der Waals surface area contributed by atoms with Crippen LogP contribution in [0.5, 0.6) is 0 Å². The second-order valence-electron chi connectivity index (χ2n) is 4.02. The Morgan fingerprint density at radius 3 is 2.94 bits per heavy atom. The van der Waals surface area contributed by atoms with Gasteiger partial charge in [-0.05, 0) is 34.5 Å². The zero-order valence-corrected chi connectivity index (χ0v) is 11.6. The Labute approximate surface area is 113 Å². The van der Waals surface area contributed by atoms with Gasteiger partial charge in [0, 0.05) is 18.3 Å². The Morgan fingerprint density at radius 2 is 2.22 bits per heavy atom. The highest BCUT2D eigenvalue weighted by Crippen LogP contribution is 2.30. The van der Waals surface area contributed by atoms with Gasteiger partial charge in [-0.2, -0.15) is 5.10 Å². The van der Waals surface area contributed by atoms with Crippen molar-refractivity contribution in [2.24, 2.45) is 0 Å². The molecule has 0 saturated heterocycles. The largest absolute Gasteiger partial charge is 0.382 e. The van der Waals surface area contributed by atoms with Gasteiger partial charge in [0.15, 0.2) is 0 Å². The molecule has 96 valence electrons. The van der Waals surface area contributed by atoms with Crippen molar-refractivity contribution in [1.82, 2.24) is 9.78 Å². The van der Waals surface area contributed by atoms with Gasteiger partial charge in [-0.1, -0.05) is 19.1 Å². The van der Waals surface area contributed by atoms with Gasteiger partial charge >= 0.3 is 0 Å². The van der Waals surface area contributed by atoms with Crippen LogP contribution in [0, 0.1) is 5.82 Å². The van der Waals surface area contributed by atoms with Gasteiger partial charge in [-0.15, -0.1) is 0 Å². The molecule has 0 aliphatic heterocycles. The zero-order chi connectivity index (χ0) is 13.1. The van der Waals surface area contributed by atoms with Crippen molar-refractivity contribution in [3.05, 3.63) is 52.0 Å². The van der Waals surface area contributed by atoms with Crippen molar-refractivity contribution in [3.63, 3.8) is 0 Å². The molecular formula is C13H14BrFN2O. The van der Waals surface area contributed by atoms with Crippen molar-refractivity contribution < 1.29 is 9.50 Å². The molecule has 1 aromatic carbocycles. The Bertz CT molecular complexity index is 542. The minimum atomic E-state index is -0.885. The van der Waals surface area contributed by atoms with Gasteiger partial charge in [-0.3, -0.25) is 4.68 Å². The molecule has 0 amide bonds. The Morgan fingerprint density at radius 1 is 1.44 bits per heavy atom. The summed E-state index contributed by atoms with van der Waals surface area (Å²) in [5.41, 5.74) is 1.18. The third kappa shape index (κ3) is 2.47. The molecule has 0 aliphatic carbocycles. The summed E-state index contributed by atoms with van der Waals surface area (Å²) in [6.45, 7) is 2.77.